The van der Waals surface area contributed by atoms with E-state index in [9.17, 15) is 4.79 Å². The van der Waals surface area contributed by atoms with E-state index in [1.54, 1.807) is 0 Å². The van der Waals surface area contributed by atoms with Gasteiger partial charge in [0.05, 0.1) is 5.92 Å². The molecule has 0 spiro atoms. The summed E-state index contributed by atoms with van der Waals surface area (Å²) in [4.78, 5) is 15.4. The summed E-state index contributed by atoms with van der Waals surface area (Å²) in [6.07, 6.45) is 2.00. The predicted molar refractivity (Wildman–Crippen MR) is 98.8 cm³/mol. The first-order chi connectivity index (χ1) is 11.7. The zero-order chi connectivity index (χ0) is 16.9. The number of benzene rings is 2. The highest BCUT2D eigenvalue weighted by atomic mass is 16.1. The van der Waals surface area contributed by atoms with Crippen molar-refractivity contribution in [3.63, 3.8) is 0 Å². The van der Waals surface area contributed by atoms with Crippen molar-refractivity contribution in [1.29, 1.82) is 0 Å². The van der Waals surface area contributed by atoms with Crippen LogP contribution in [0.25, 0.3) is 0 Å². The Kier molecular flexibility index (Phi) is 5.31. The molecule has 1 aliphatic heterocycles. The number of piperidine rings is 1. The van der Waals surface area contributed by atoms with Gasteiger partial charge in [-0.15, -0.1) is 0 Å². The van der Waals surface area contributed by atoms with E-state index in [-0.39, 0.29) is 17.9 Å². The average Bonchev–Trinajstić information content (AvgIpc) is 2.62. The van der Waals surface area contributed by atoms with E-state index in [1.165, 1.54) is 5.56 Å². The molecule has 2 aromatic carbocycles. The van der Waals surface area contributed by atoms with Crippen molar-refractivity contribution in [2.45, 2.75) is 38.8 Å². The standard InChI is InChI=1S/C21H26N2O/c1-16(2)23-15-9-14-19(20(23)17-10-5-3-6-11-17)21(24)22-18-12-7-4-8-13-18/h3-8,10-13,16,19-20H,9,14-15H2,1-2H3,(H,22,24)/t19-,20-/m0/s1. The van der Waals surface area contributed by atoms with Crippen molar-refractivity contribution in [2.75, 3.05) is 11.9 Å². The van der Waals surface area contributed by atoms with E-state index >= 15 is 0 Å². The number of hydrogen-bond donors (Lipinski definition) is 1. The molecule has 126 valence electrons. The summed E-state index contributed by atoms with van der Waals surface area (Å²) in [6, 6.07) is 20.8. The van der Waals surface area contributed by atoms with Crippen LogP contribution in [0.5, 0.6) is 0 Å². The smallest absolute Gasteiger partial charge is 0.229 e. The molecule has 1 heterocycles. The highest BCUT2D eigenvalue weighted by molar-refractivity contribution is 5.93. The lowest BCUT2D eigenvalue weighted by Crippen LogP contribution is -2.46. The number of carbonyl (C=O) groups is 1. The minimum Gasteiger partial charge on any atom is -0.326 e. The molecule has 3 heteroatoms. The third-order valence-corrected chi connectivity index (χ3v) is 4.85. The summed E-state index contributed by atoms with van der Waals surface area (Å²) in [5.41, 5.74) is 2.11. The van der Waals surface area contributed by atoms with Crippen LogP contribution in [0.1, 0.15) is 38.3 Å². The average molecular weight is 322 g/mol. The normalized spacial score (nSPS) is 21.6. The molecule has 3 rings (SSSR count). The Bertz CT molecular complexity index is 654. The SMILES string of the molecule is CC(C)N1CCC[C@H](C(=O)Nc2ccccc2)[C@@H]1c1ccccc1. The molecule has 1 aliphatic rings. The number of amides is 1. The first-order valence-corrected chi connectivity index (χ1v) is 8.83. The lowest BCUT2D eigenvalue weighted by molar-refractivity contribution is -0.124. The molecule has 2 atom stereocenters. The highest BCUT2D eigenvalue weighted by Gasteiger charge is 2.37. The summed E-state index contributed by atoms with van der Waals surface area (Å²) in [6.45, 7) is 5.48. The van der Waals surface area contributed by atoms with E-state index in [4.69, 9.17) is 0 Å². The Morgan fingerprint density at radius 1 is 1.04 bits per heavy atom. The van der Waals surface area contributed by atoms with Crippen LogP contribution in [0.4, 0.5) is 5.69 Å². The van der Waals surface area contributed by atoms with Gasteiger partial charge in [-0.1, -0.05) is 48.5 Å². The maximum absolute atomic E-state index is 13.0. The Morgan fingerprint density at radius 2 is 1.67 bits per heavy atom. The van der Waals surface area contributed by atoms with Gasteiger partial charge in [0.1, 0.15) is 0 Å². The first-order valence-electron chi connectivity index (χ1n) is 8.83. The fourth-order valence-corrected chi connectivity index (χ4v) is 3.71. The molecule has 0 unspecified atom stereocenters. The van der Waals surface area contributed by atoms with Crippen LogP contribution >= 0.6 is 0 Å². The number of nitrogens with zero attached hydrogens (tertiary/aromatic N) is 1. The van der Waals surface area contributed by atoms with Gasteiger partial charge < -0.3 is 5.32 Å². The number of carbonyl (C=O) groups excluding carboxylic acids is 1. The quantitative estimate of drug-likeness (QED) is 0.899. The Hall–Kier alpha value is -2.13. The van der Waals surface area contributed by atoms with Gasteiger partial charge in [0.25, 0.3) is 0 Å². The van der Waals surface area contributed by atoms with Gasteiger partial charge in [0.15, 0.2) is 0 Å². The molecule has 0 aliphatic carbocycles. The molecule has 1 N–H and O–H groups in total. The number of nitrogens with one attached hydrogen (secondary N) is 1. The summed E-state index contributed by atoms with van der Waals surface area (Å²) in [5, 5.41) is 3.11. The third-order valence-electron chi connectivity index (χ3n) is 4.85. The van der Waals surface area contributed by atoms with Crippen molar-refractivity contribution in [3.05, 3.63) is 66.2 Å². The summed E-state index contributed by atoms with van der Waals surface area (Å²) >= 11 is 0. The monoisotopic (exact) mass is 322 g/mol. The lowest BCUT2D eigenvalue weighted by atomic mass is 9.83. The molecular formula is C21H26N2O. The van der Waals surface area contributed by atoms with E-state index < -0.39 is 0 Å². The van der Waals surface area contributed by atoms with Gasteiger partial charge >= 0.3 is 0 Å². The lowest BCUT2D eigenvalue weighted by Gasteiger charge is -2.43. The van der Waals surface area contributed by atoms with Crippen molar-refractivity contribution in [2.24, 2.45) is 5.92 Å². The Morgan fingerprint density at radius 3 is 2.29 bits per heavy atom. The highest BCUT2D eigenvalue weighted by Crippen LogP contribution is 2.38. The summed E-state index contributed by atoms with van der Waals surface area (Å²) in [5.74, 6) is 0.101. The zero-order valence-corrected chi connectivity index (χ0v) is 14.5. The Balaban J connectivity index is 1.87. The second-order valence-corrected chi connectivity index (χ2v) is 6.79. The second kappa shape index (κ2) is 7.63. The number of rotatable bonds is 4. The zero-order valence-electron chi connectivity index (χ0n) is 14.5. The first kappa shape index (κ1) is 16.7. The molecule has 1 saturated heterocycles. The van der Waals surface area contributed by atoms with Crippen LogP contribution in [-0.4, -0.2) is 23.4 Å². The maximum atomic E-state index is 13.0. The second-order valence-electron chi connectivity index (χ2n) is 6.79. The van der Waals surface area contributed by atoms with Crippen molar-refractivity contribution in [1.82, 2.24) is 4.90 Å². The number of para-hydroxylation sites is 1. The van der Waals surface area contributed by atoms with Gasteiger partial charge in [-0.3, -0.25) is 9.69 Å². The maximum Gasteiger partial charge on any atom is 0.229 e. The molecule has 3 nitrogen and oxygen atoms in total. The van der Waals surface area contributed by atoms with Gasteiger partial charge in [-0.05, 0) is 50.9 Å². The molecule has 0 bridgehead atoms. The summed E-state index contributed by atoms with van der Waals surface area (Å²) < 4.78 is 0. The molecule has 24 heavy (non-hydrogen) atoms. The molecule has 1 amide bonds. The van der Waals surface area contributed by atoms with Crippen LogP contribution < -0.4 is 5.32 Å². The largest absolute Gasteiger partial charge is 0.326 e. The molecular weight excluding hydrogens is 296 g/mol. The third kappa shape index (κ3) is 3.68. The minimum atomic E-state index is -0.0243. The van der Waals surface area contributed by atoms with Crippen LogP contribution in [0, 0.1) is 5.92 Å². The van der Waals surface area contributed by atoms with Gasteiger partial charge in [-0.25, -0.2) is 0 Å². The van der Waals surface area contributed by atoms with E-state index in [0.29, 0.717) is 6.04 Å². The van der Waals surface area contributed by atoms with Crippen LogP contribution in [-0.2, 0) is 4.79 Å². The van der Waals surface area contributed by atoms with Crippen LogP contribution in [0.2, 0.25) is 0 Å². The fraction of sp³-hybridized carbons (Fsp3) is 0.381. The summed E-state index contributed by atoms with van der Waals surface area (Å²) in [7, 11) is 0. The van der Waals surface area contributed by atoms with Gasteiger partial charge in [0, 0.05) is 17.8 Å². The Labute approximate surface area is 144 Å². The van der Waals surface area contributed by atoms with Crippen LogP contribution in [0.3, 0.4) is 0 Å². The van der Waals surface area contributed by atoms with Crippen molar-refractivity contribution >= 4 is 11.6 Å². The van der Waals surface area contributed by atoms with Gasteiger partial charge in [0.2, 0.25) is 5.91 Å². The number of likely N-dealkylation sites (tertiary alicyclic amines) is 1. The molecule has 2 aromatic rings. The molecule has 0 aromatic heterocycles. The number of hydrogen-bond acceptors (Lipinski definition) is 2. The molecule has 1 fully saturated rings. The number of anilines is 1. The molecule has 0 saturated carbocycles. The van der Waals surface area contributed by atoms with E-state index in [0.717, 1.165) is 25.1 Å². The van der Waals surface area contributed by atoms with E-state index in [1.807, 2.05) is 36.4 Å². The minimum absolute atomic E-state index is 0.0243. The van der Waals surface area contributed by atoms with Crippen molar-refractivity contribution in [3.8, 4) is 0 Å². The predicted octanol–water partition coefficient (Wildman–Crippen LogP) is 4.49. The van der Waals surface area contributed by atoms with E-state index in [2.05, 4.69) is 48.3 Å². The molecule has 0 radical (unpaired) electrons. The van der Waals surface area contributed by atoms with Gasteiger partial charge in [-0.2, -0.15) is 0 Å². The van der Waals surface area contributed by atoms with Crippen LogP contribution in [0.15, 0.2) is 60.7 Å². The fourth-order valence-electron chi connectivity index (χ4n) is 3.71. The van der Waals surface area contributed by atoms with Crippen molar-refractivity contribution < 1.29 is 4.79 Å². The topological polar surface area (TPSA) is 32.3 Å².